The van der Waals surface area contributed by atoms with Crippen molar-refractivity contribution in [2.24, 2.45) is 0 Å². The van der Waals surface area contributed by atoms with Gasteiger partial charge in [0.1, 0.15) is 23.7 Å². The Kier molecular flexibility index (Phi) is 5.42. The molecule has 0 atom stereocenters. The number of hydrogen-bond donors (Lipinski definition) is 2. The summed E-state index contributed by atoms with van der Waals surface area (Å²) in [6.07, 6.45) is 0. The molecule has 2 rings (SSSR count). The van der Waals surface area contributed by atoms with Crippen molar-refractivity contribution in [2.45, 2.75) is 6.61 Å². The van der Waals surface area contributed by atoms with E-state index in [9.17, 15) is 15.0 Å². The van der Waals surface area contributed by atoms with Crippen LogP contribution in [0.1, 0.15) is 15.9 Å². The summed E-state index contributed by atoms with van der Waals surface area (Å²) in [5, 5.41) is 19.0. The monoisotopic (exact) mass is 299 g/mol. The summed E-state index contributed by atoms with van der Waals surface area (Å²) in [5.41, 5.74) is 0.620. The fourth-order valence-electron chi connectivity index (χ4n) is 1.50. The van der Waals surface area contributed by atoms with Gasteiger partial charge in [-0.15, -0.1) is 0 Å². The molecule has 0 heterocycles. The van der Waals surface area contributed by atoms with Gasteiger partial charge in [0.05, 0.1) is 0 Å². The van der Waals surface area contributed by atoms with Gasteiger partial charge in [0.2, 0.25) is 0 Å². The molecule has 0 saturated carbocycles. The van der Waals surface area contributed by atoms with Gasteiger partial charge < -0.3 is 14.9 Å². The first-order valence-corrected chi connectivity index (χ1v) is 5.40. The Morgan fingerprint density at radius 3 is 2.16 bits per heavy atom. The number of rotatable bonds is 3. The standard InChI is InChI=1S/C14H12O4.Mn/c15-12-7-3-1-5-10(12)9-18-14(17)11-6-2-4-8-13(11)16;/h1-8,15-16H,9H2;. The molecule has 2 N–H and O–H groups in total. The Labute approximate surface area is 121 Å². The van der Waals surface area contributed by atoms with E-state index in [0.29, 0.717) is 5.56 Å². The van der Waals surface area contributed by atoms with E-state index in [4.69, 9.17) is 4.74 Å². The molecule has 0 fully saturated rings. The average Bonchev–Trinajstić information content (AvgIpc) is 2.38. The zero-order valence-corrected chi connectivity index (χ0v) is 11.1. The van der Waals surface area contributed by atoms with E-state index in [1.165, 1.54) is 18.2 Å². The first-order valence-electron chi connectivity index (χ1n) is 5.40. The Morgan fingerprint density at radius 1 is 0.947 bits per heavy atom. The minimum atomic E-state index is -0.628. The van der Waals surface area contributed by atoms with Gasteiger partial charge in [-0.2, -0.15) is 0 Å². The third-order valence-corrected chi connectivity index (χ3v) is 2.47. The van der Waals surface area contributed by atoms with Crippen LogP contribution in [0.15, 0.2) is 48.5 Å². The van der Waals surface area contributed by atoms with Crippen molar-refractivity contribution in [2.75, 3.05) is 0 Å². The number of hydrogen-bond acceptors (Lipinski definition) is 4. The molecular weight excluding hydrogens is 287 g/mol. The molecule has 2 aromatic carbocycles. The second-order valence-electron chi connectivity index (χ2n) is 3.72. The Hall–Kier alpha value is -1.97. The van der Waals surface area contributed by atoms with Gasteiger partial charge in [-0.1, -0.05) is 30.3 Å². The van der Waals surface area contributed by atoms with Crippen molar-refractivity contribution >= 4 is 5.97 Å². The predicted octanol–water partition coefficient (Wildman–Crippen LogP) is 2.45. The summed E-state index contributed by atoms with van der Waals surface area (Å²) >= 11 is 0. The Balaban J connectivity index is 0.00000180. The van der Waals surface area contributed by atoms with Crippen LogP contribution in [-0.4, -0.2) is 16.2 Å². The second kappa shape index (κ2) is 6.83. The number of carbonyl (C=O) groups excluding carboxylic acids is 1. The molecule has 0 aliphatic carbocycles. The van der Waals surface area contributed by atoms with Crippen LogP contribution < -0.4 is 0 Å². The Bertz CT molecular complexity index is 569. The average molecular weight is 299 g/mol. The maximum absolute atomic E-state index is 11.7. The van der Waals surface area contributed by atoms with Gasteiger partial charge in [-0.3, -0.25) is 0 Å². The van der Waals surface area contributed by atoms with Gasteiger partial charge in [0.15, 0.2) is 0 Å². The number of phenols is 2. The van der Waals surface area contributed by atoms with Gasteiger partial charge in [0.25, 0.3) is 0 Å². The predicted molar refractivity (Wildman–Crippen MR) is 65.3 cm³/mol. The molecular formula is C14H12MnO4. The summed E-state index contributed by atoms with van der Waals surface area (Å²) in [6.45, 7) is -0.0418. The van der Waals surface area contributed by atoms with Gasteiger partial charge in [0, 0.05) is 22.6 Å². The van der Waals surface area contributed by atoms with E-state index in [2.05, 4.69) is 0 Å². The van der Waals surface area contributed by atoms with E-state index in [1.807, 2.05) is 0 Å². The molecule has 19 heavy (non-hydrogen) atoms. The van der Waals surface area contributed by atoms with Crippen LogP contribution in [0.4, 0.5) is 0 Å². The molecule has 0 aromatic heterocycles. The molecule has 0 unspecified atom stereocenters. The first-order chi connectivity index (χ1) is 8.68. The normalized spacial score (nSPS) is 9.47. The van der Waals surface area contributed by atoms with Crippen molar-refractivity contribution in [1.29, 1.82) is 0 Å². The van der Waals surface area contributed by atoms with Gasteiger partial charge >= 0.3 is 5.97 Å². The van der Waals surface area contributed by atoms with Crippen LogP contribution >= 0.6 is 0 Å². The molecule has 0 amide bonds. The van der Waals surface area contributed by atoms with Crippen molar-refractivity contribution in [3.8, 4) is 11.5 Å². The quantitative estimate of drug-likeness (QED) is 0.675. The molecule has 4 nitrogen and oxygen atoms in total. The first kappa shape index (κ1) is 15.1. The number of benzene rings is 2. The number of ether oxygens (including phenoxy) is 1. The number of aromatic hydroxyl groups is 2. The van der Waals surface area contributed by atoms with E-state index in [-0.39, 0.29) is 40.7 Å². The Morgan fingerprint density at radius 2 is 1.53 bits per heavy atom. The van der Waals surface area contributed by atoms with Crippen LogP contribution in [0.5, 0.6) is 11.5 Å². The summed E-state index contributed by atoms with van der Waals surface area (Å²) in [6, 6.07) is 12.7. The number of phenolic OH excluding ortho intramolecular Hbond substituents is 2. The number of para-hydroxylation sites is 2. The minimum absolute atomic E-state index is 0. The maximum atomic E-state index is 11.7. The third-order valence-electron chi connectivity index (χ3n) is 2.47. The van der Waals surface area contributed by atoms with Crippen molar-refractivity contribution in [1.82, 2.24) is 0 Å². The second-order valence-corrected chi connectivity index (χ2v) is 3.72. The van der Waals surface area contributed by atoms with Crippen LogP contribution in [0.25, 0.3) is 0 Å². The molecule has 0 saturated heterocycles. The van der Waals surface area contributed by atoms with Crippen LogP contribution in [0.3, 0.4) is 0 Å². The van der Waals surface area contributed by atoms with E-state index in [0.717, 1.165) is 0 Å². The molecule has 2 aromatic rings. The molecule has 5 heteroatoms. The SMILES string of the molecule is O=C(OCc1ccccc1O)c1ccccc1O.[Mn]. The maximum Gasteiger partial charge on any atom is 0.342 e. The summed E-state index contributed by atoms with van der Waals surface area (Å²) < 4.78 is 5.02. The molecule has 1 radical (unpaired) electrons. The minimum Gasteiger partial charge on any atom is -0.508 e. The summed E-state index contributed by atoms with van der Waals surface area (Å²) in [5.74, 6) is -0.682. The molecule has 99 valence electrons. The smallest absolute Gasteiger partial charge is 0.342 e. The topological polar surface area (TPSA) is 66.8 Å². The fourth-order valence-corrected chi connectivity index (χ4v) is 1.50. The number of esters is 1. The van der Waals surface area contributed by atoms with Crippen molar-refractivity contribution in [3.63, 3.8) is 0 Å². The number of carbonyl (C=O) groups is 1. The molecule has 0 aliphatic rings. The molecule has 0 bridgehead atoms. The van der Waals surface area contributed by atoms with Gasteiger partial charge in [-0.25, -0.2) is 4.79 Å². The zero-order valence-electron chi connectivity index (χ0n) is 9.91. The van der Waals surface area contributed by atoms with Crippen LogP contribution in [0, 0.1) is 0 Å². The van der Waals surface area contributed by atoms with E-state index >= 15 is 0 Å². The van der Waals surface area contributed by atoms with Crippen LogP contribution in [-0.2, 0) is 28.4 Å². The summed E-state index contributed by atoms with van der Waals surface area (Å²) in [4.78, 5) is 11.7. The summed E-state index contributed by atoms with van der Waals surface area (Å²) in [7, 11) is 0. The zero-order chi connectivity index (χ0) is 13.0. The van der Waals surface area contributed by atoms with Crippen molar-refractivity contribution < 1.29 is 36.8 Å². The molecule has 0 spiro atoms. The van der Waals surface area contributed by atoms with Crippen LogP contribution in [0.2, 0.25) is 0 Å². The molecule has 0 aliphatic heterocycles. The van der Waals surface area contributed by atoms with Crippen molar-refractivity contribution in [3.05, 3.63) is 59.7 Å². The largest absolute Gasteiger partial charge is 0.508 e. The van der Waals surface area contributed by atoms with E-state index in [1.54, 1.807) is 30.3 Å². The van der Waals surface area contributed by atoms with E-state index < -0.39 is 5.97 Å². The third kappa shape index (κ3) is 3.74. The fraction of sp³-hybridized carbons (Fsp3) is 0.0714. The van der Waals surface area contributed by atoms with Gasteiger partial charge in [-0.05, 0) is 18.2 Å².